The molecule has 170 valence electrons. The highest BCUT2D eigenvalue weighted by molar-refractivity contribution is 5.96. The van der Waals surface area contributed by atoms with Crippen molar-refractivity contribution in [2.24, 2.45) is 5.92 Å². The molecule has 5 rings (SSSR count). The summed E-state index contributed by atoms with van der Waals surface area (Å²) in [6.45, 7) is 4.63. The Kier molecular flexibility index (Phi) is 5.75. The number of benzene rings is 2. The Balaban J connectivity index is 1.36. The van der Waals surface area contributed by atoms with E-state index in [0.29, 0.717) is 18.7 Å². The van der Waals surface area contributed by atoms with Crippen LogP contribution < -0.4 is 25.4 Å². The van der Waals surface area contributed by atoms with Crippen molar-refractivity contribution in [3.8, 4) is 5.75 Å². The van der Waals surface area contributed by atoms with E-state index in [1.165, 1.54) is 18.9 Å². The Bertz CT molecular complexity index is 977. The molecule has 2 aromatic rings. The average molecular weight is 440 g/mol. The maximum atomic E-state index is 14.7. The molecule has 0 spiro atoms. The molecule has 0 aromatic heterocycles. The number of carbonyl (C=O) groups is 1. The van der Waals surface area contributed by atoms with E-state index in [0.717, 1.165) is 31.7 Å². The summed E-state index contributed by atoms with van der Waals surface area (Å²) in [5, 5.41) is 0. The molecule has 32 heavy (non-hydrogen) atoms. The summed E-state index contributed by atoms with van der Waals surface area (Å²) in [6.07, 6.45) is 0.311. The molecule has 0 radical (unpaired) electrons. The summed E-state index contributed by atoms with van der Waals surface area (Å²) in [4.78, 5) is 19.2. The van der Waals surface area contributed by atoms with E-state index in [1.807, 2.05) is 0 Å². The van der Waals surface area contributed by atoms with Gasteiger partial charge in [-0.05, 0) is 36.9 Å². The molecule has 3 unspecified atom stereocenters. The Morgan fingerprint density at radius 1 is 1.03 bits per heavy atom. The first-order chi connectivity index (χ1) is 15.5. The van der Waals surface area contributed by atoms with E-state index in [4.69, 9.17) is 4.74 Å². The van der Waals surface area contributed by atoms with Crippen LogP contribution in [0.15, 0.2) is 42.5 Å². The second-order valence-corrected chi connectivity index (χ2v) is 8.92. The number of anilines is 2. The van der Waals surface area contributed by atoms with Crippen molar-refractivity contribution < 1.29 is 13.9 Å². The second kappa shape index (κ2) is 8.69. The lowest BCUT2D eigenvalue weighted by Crippen LogP contribution is -2.49. The first kappa shape index (κ1) is 21.2. The number of amides is 1. The number of nitrogens with one attached hydrogen (secondary N) is 2. The first-order valence-electron chi connectivity index (χ1n) is 11.2. The van der Waals surface area contributed by atoms with Crippen LogP contribution in [-0.4, -0.2) is 63.7 Å². The molecule has 7 nitrogen and oxygen atoms in total. The van der Waals surface area contributed by atoms with Crippen molar-refractivity contribution in [3.63, 3.8) is 0 Å². The zero-order chi connectivity index (χ0) is 22.2. The van der Waals surface area contributed by atoms with Gasteiger partial charge >= 0.3 is 0 Å². The molecule has 3 saturated heterocycles. The molecule has 2 N–H and O–H groups in total. The van der Waals surface area contributed by atoms with Gasteiger partial charge in [0.15, 0.2) is 5.82 Å². The van der Waals surface area contributed by atoms with Crippen LogP contribution in [0, 0.1) is 11.7 Å². The highest BCUT2D eigenvalue weighted by Crippen LogP contribution is 2.39. The van der Waals surface area contributed by atoms with Gasteiger partial charge in [0.1, 0.15) is 11.4 Å². The van der Waals surface area contributed by atoms with E-state index in [2.05, 4.69) is 52.0 Å². The summed E-state index contributed by atoms with van der Waals surface area (Å²) in [7, 11) is 3.66. The van der Waals surface area contributed by atoms with Crippen LogP contribution in [0.5, 0.6) is 5.75 Å². The van der Waals surface area contributed by atoms with Crippen LogP contribution in [0.2, 0.25) is 0 Å². The van der Waals surface area contributed by atoms with E-state index in [9.17, 15) is 9.18 Å². The average Bonchev–Trinajstić information content (AvgIpc) is 3.21. The molecule has 3 fully saturated rings. The highest BCUT2D eigenvalue weighted by Gasteiger charge is 2.44. The molecule has 1 amide bonds. The van der Waals surface area contributed by atoms with E-state index >= 15 is 0 Å². The molecule has 3 heterocycles. The summed E-state index contributed by atoms with van der Waals surface area (Å²) in [5.74, 6) is -0.0477. The van der Waals surface area contributed by atoms with Crippen LogP contribution in [0.4, 0.5) is 15.8 Å². The number of rotatable bonds is 4. The first-order valence-corrected chi connectivity index (χ1v) is 11.2. The van der Waals surface area contributed by atoms with Gasteiger partial charge in [0, 0.05) is 56.8 Å². The molecular weight excluding hydrogens is 409 g/mol. The summed E-state index contributed by atoms with van der Waals surface area (Å²) in [6, 6.07) is 13.4. The normalized spacial score (nSPS) is 26.3. The fraction of sp³-hybridized carbons (Fsp3) is 0.458. The molecule has 0 aliphatic carbocycles. The summed E-state index contributed by atoms with van der Waals surface area (Å²) in [5.41, 5.74) is 9.31. The molecule has 3 atom stereocenters. The van der Waals surface area contributed by atoms with Crippen molar-refractivity contribution in [1.29, 1.82) is 0 Å². The number of hydrogen-bond donors (Lipinski definition) is 2. The zero-order valence-corrected chi connectivity index (χ0v) is 18.6. The number of hydrogen-bond acceptors (Lipinski definition) is 6. The Hall–Kier alpha value is -2.68. The number of para-hydroxylation sites is 1. The lowest BCUT2D eigenvalue weighted by atomic mass is 9.84. The summed E-state index contributed by atoms with van der Waals surface area (Å²) >= 11 is 0. The smallest absolute Gasteiger partial charge is 0.228 e. The number of fused-ring (bicyclic) bond motifs is 1. The van der Waals surface area contributed by atoms with E-state index in [1.54, 1.807) is 17.0 Å². The van der Waals surface area contributed by atoms with Gasteiger partial charge in [-0.2, -0.15) is 0 Å². The van der Waals surface area contributed by atoms with Crippen LogP contribution in [0.25, 0.3) is 0 Å². The molecule has 0 saturated carbocycles. The van der Waals surface area contributed by atoms with Crippen molar-refractivity contribution >= 4 is 17.3 Å². The van der Waals surface area contributed by atoms with Crippen molar-refractivity contribution in [3.05, 3.63) is 53.8 Å². The van der Waals surface area contributed by atoms with Crippen LogP contribution in [0.1, 0.15) is 18.0 Å². The van der Waals surface area contributed by atoms with Gasteiger partial charge in [-0.15, -0.1) is 0 Å². The Morgan fingerprint density at radius 2 is 1.78 bits per heavy atom. The fourth-order valence-electron chi connectivity index (χ4n) is 5.12. The number of ether oxygens (including phenoxy) is 1. The maximum Gasteiger partial charge on any atom is 0.228 e. The third kappa shape index (κ3) is 3.83. The number of piperidine rings is 1. The Labute approximate surface area is 188 Å². The monoisotopic (exact) mass is 439 g/mol. The quantitative estimate of drug-likeness (QED) is 0.762. The number of piperazine rings is 1. The molecule has 3 aliphatic heterocycles. The minimum atomic E-state index is -0.442. The topological polar surface area (TPSA) is 60.1 Å². The number of carbonyl (C=O) groups excluding carboxylic acids is 1. The number of likely N-dealkylation sites (N-methyl/N-ethyl adjacent to an activating group) is 1. The van der Waals surface area contributed by atoms with Crippen molar-refractivity contribution in [1.82, 2.24) is 15.8 Å². The third-order valence-corrected chi connectivity index (χ3v) is 7.02. The predicted octanol–water partition coefficient (Wildman–Crippen LogP) is 2.16. The standard InChI is InChI=1S/C24H30FN5O2/c1-28-10-12-29(13-11-28)17-8-6-16(7-9-17)23-18-15-30(22(31)14-20(18)26-27-23)24-19(25)4-3-5-21(24)32-2/h3-9,18,20,23,26-27H,10-15H2,1-2H3. The van der Waals surface area contributed by atoms with Crippen LogP contribution in [-0.2, 0) is 4.79 Å². The van der Waals surface area contributed by atoms with Gasteiger partial charge in [0.25, 0.3) is 0 Å². The van der Waals surface area contributed by atoms with Gasteiger partial charge in [0.05, 0.1) is 13.2 Å². The van der Waals surface area contributed by atoms with Crippen LogP contribution >= 0.6 is 0 Å². The number of halogens is 1. The zero-order valence-electron chi connectivity index (χ0n) is 18.6. The maximum absolute atomic E-state index is 14.7. The van der Waals surface area contributed by atoms with E-state index < -0.39 is 5.82 Å². The number of methoxy groups -OCH3 is 1. The SMILES string of the molecule is COc1cccc(F)c1N1CC2C(CC1=O)NNC2c1ccc(N2CCN(C)CC2)cc1. The lowest BCUT2D eigenvalue weighted by Gasteiger charge is -2.36. The fourth-order valence-corrected chi connectivity index (χ4v) is 5.12. The second-order valence-electron chi connectivity index (χ2n) is 8.92. The van der Waals surface area contributed by atoms with E-state index in [-0.39, 0.29) is 29.6 Å². The Morgan fingerprint density at radius 3 is 2.50 bits per heavy atom. The molecule has 3 aliphatic rings. The van der Waals surface area contributed by atoms with Gasteiger partial charge < -0.3 is 19.4 Å². The number of hydrazine groups is 1. The largest absolute Gasteiger partial charge is 0.494 e. The minimum absolute atomic E-state index is 0.0128. The summed E-state index contributed by atoms with van der Waals surface area (Å²) < 4.78 is 20.0. The van der Waals surface area contributed by atoms with Crippen LogP contribution in [0.3, 0.4) is 0 Å². The molecular formula is C24H30FN5O2. The molecule has 2 aromatic carbocycles. The van der Waals surface area contributed by atoms with Gasteiger partial charge in [-0.1, -0.05) is 18.2 Å². The highest BCUT2D eigenvalue weighted by atomic mass is 19.1. The van der Waals surface area contributed by atoms with Gasteiger partial charge in [-0.25, -0.2) is 9.82 Å². The van der Waals surface area contributed by atoms with Gasteiger partial charge in [-0.3, -0.25) is 10.2 Å². The third-order valence-electron chi connectivity index (χ3n) is 7.02. The molecule has 0 bridgehead atoms. The van der Waals surface area contributed by atoms with Gasteiger partial charge in [0.2, 0.25) is 5.91 Å². The predicted molar refractivity (Wildman–Crippen MR) is 122 cm³/mol. The lowest BCUT2D eigenvalue weighted by molar-refractivity contribution is -0.120. The minimum Gasteiger partial charge on any atom is -0.494 e. The van der Waals surface area contributed by atoms with Crippen molar-refractivity contribution in [2.75, 3.05) is 56.7 Å². The number of nitrogens with zero attached hydrogens (tertiary/aromatic N) is 3. The van der Waals surface area contributed by atoms with Crippen molar-refractivity contribution in [2.45, 2.75) is 18.5 Å². The molecule has 8 heteroatoms.